The lowest BCUT2D eigenvalue weighted by atomic mass is 9.74. The standard InChI is InChI=1S/C21H20O4/c22-18-16(11-10-15(12-6-7-12)13-8-9-13)19(23)21(25)17(20(18)24)14-4-2-1-3-5-14/h1-5,10-13,15-17H,6-9H2. The third-order valence-electron chi connectivity index (χ3n) is 5.57. The molecule has 3 saturated carbocycles. The molecular formula is C21H20O4. The highest BCUT2D eigenvalue weighted by Gasteiger charge is 2.48. The van der Waals surface area contributed by atoms with Crippen molar-refractivity contribution in [3.8, 4) is 0 Å². The van der Waals surface area contributed by atoms with Gasteiger partial charge in [-0.2, -0.15) is 0 Å². The zero-order valence-corrected chi connectivity index (χ0v) is 13.9. The van der Waals surface area contributed by atoms with Gasteiger partial charge in [0.25, 0.3) is 0 Å². The number of allylic oxidation sites excluding steroid dienone is 2. The molecule has 3 aliphatic rings. The van der Waals surface area contributed by atoms with E-state index in [1.165, 1.54) is 31.8 Å². The Morgan fingerprint density at radius 2 is 1.28 bits per heavy atom. The topological polar surface area (TPSA) is 68.3 Å². The van der Waals surface area contributed by atoms with Crippen LogP contribution in [0, 0.1) is 23.7 Å². The monoisotopic (exact) mass is 336 g/mol. The Morgan fingerprint density at radius 1 is 0.760 bits per heavy atom. The summed E-state index contributed by atoms with van der Waals surface area (Å²) in [6.45, 7) is 0. The summed E-state index contributed by atoms with van der Waals surface area (Å²) in [6, 6.07) is 8.34. The summed E-state index contributed by atoms with van der Waals surface area (Å²) in [6.07, 6.45) is 8.21. The lowest BCUT2D eigenvalue weighted by Gasteiger charge is -2.22. The van der Waals surface area contributed by atoms with Crippen molar-refractivity contribution < 1.29 is 19.2 Å². The molecule has 128 valence electrons. The number of carbonyl (C=O) groups is 4. The van der Waals surface area contributed by atoms with Crippen LogP contribution in [0.1, 0.15) is 37.2 Å². The Morgan fingerprint density at radius 3 is 1.76 bits per heavy atom. The van der Waals surface area contributed by atoms with Gasteiger partial charge < -0.3 is 0 Å². The van der Waals surface area contributed by atoms with E-state index in [2.05, 4.69) is 0 Å². The minimum Gasteiger partial charge on any atom is -0.290 e. The highest BCUT2D eigenvalue weighted by molar-refractivity contribution is 6.62. The van der Waals surface area contributed by atoms with Crippen LogP contribution >= 0.6 is 0 Å². The predicted octanol–water partition coefficient (Wildman–Crippen LogP) is 2.67. The molecule has 0 bridgehead atoms. The fourth-order valence-electron chi connectivity index (χ4n) is 3.85. The first-order chi connectivity index (χ1) is 12.1. The van der Waals surface area contributed by atoms with Crippen LogP contribution in [0.3, 0.4) is 0 Å². The predicted molar refractivity (Wildman–Crippen MR) is 90.8 cm³/mol. The third kappa shape index (κ3) is 3.01. The second-order valence-corrected chi connectivity index (χ2v) is 7.42. The normalized spacial score (nSPS) is 27.6. The molecule has 0 atom stereocenters. The van der Waals surface area contributed by atoms with Gasteiger partial charge in [0.1, 0.15) is 11.8 Å². The maximum absolute atomic E-state index is 12.5. The molecule has 0 unspecified atom stereocenters. The van der Waals surface area contributed by atoms with Crippen molar-refractivity contribution in [2.45, 2.75) is 31.6 Å². The fraction of sp³-hybridized carbons (Fsp3) is 0.429. The third-order valence-corrected chi connectivity index (χ3v) is 5.57. The zero-order valence-electron chi connectivity index (χ0n) is 13.9. The van der Waals surface area contributed by atoms with Gasteiger partial charge in [-0.15, -0.1) is 0 Å². The highest BCUT2D eigenvalue weighted by Crippen LogP contribution is 2.50. The number of hydrogen-bond donors (Lipinski definition) is 0. The molecule has 4 rings (SSSR count). The molecule has 4 heteroatoms. The Bertz CT molecular complexity index is 728. The minimum atomic E-state index is -1.27. The first-order valence-corrected chi connectivity index (χ1v) is 8.97. The van der Waals surface area contributed by atoms with Gasteiger partial charge in [0, 0.05) is 0 Å². The molecule has 0 heterocycles. The maximum Gasteiger partial charge on any atom is 0.214 e. The second-order valence-electron chi connectivity index (χ2n) is 7.42. The molecule has 0 saturated heterocycles. The SMILES string of the molecule is O=C1C(=O)C(c2ccccc2)C(=O)C(=O)C1C=CC(C1CC1)C1CC1. The number of benzene rings is 1. The van der Waals surface area contributed by atoms with Crippen LogP contribution < -0.4 is 0 Å². The quantitative estimate of drug-likeness (QED) is 0.471. The van der Waals surface area contributed by atoms with Crippen LogP contribution in [0.2, 0.25) is 0 Å². The zero-order chi connectivity index (χ0) is 17.6. The van der Waals surface area contributed by atoms with Crippen molar-refractivity contribution >= 4 is 23.1 Å². The smallest absolute Gasteiger partial charge is 0.214 e. The highest BCUT2D eigenvalue weighted by atomic mass is 16.2. The van der Waals surface area contributed by atoms with E-state index in [1.807, 2.05) is 6.08 Å². The number of hydrogen-bond acceptors (Lipinski definition) is 4. The summed E-state index contributed by atoms with van der Waals surface area (Å²) >= 11 is 0. The second kappa shape index (κ2) is 6.17. The van der Waals surface area contributed by atoms with E-state index in [4.69, 9.17) is 0 Å². The van der Waals surface area contributed by atoms with Gasteiger partial charge in [0.15, 0.2) is 0 Å². The number of carbonyl (C=O) groups excluding carboxylic acids is 4. The Hall–Kier alpha value is -2.36. The molecule has 3 fully saturated rings. The summed E-state index contributed by atoms with van der Waals surface area (Å²) in [5.41, 5.74) is 0.412. The van der Waals surface area contributed by atoms with Crippen LogP contribution in [0.5, 0.6) is 0 Å². The average Bonchev–Trinajstić information content (AvgIpc) is 3.51. The molecule has 0 spiro atoms. The van der Waals surface area contributed by atoms with Crippen LogP contribution in [-0.4, -0.2) is 23.1 Å². The largest absolute Gasteiger partial charge is 0.290 e. The molecule has 0 N–H and O–H groups in total. The van der Waals surface area contributed by atoms with Crippen LogP contribution in [0.15, 0.2) is 42.5 Å². The van der Waals surface area contributed by atoms with E-state index in [0.29, 0.717) is 23.3 Å². The molecule has 1 aromatic carbocycles. The van der Waals surface area contributed by atoms with Crippen molar-refractivity contribution in [3.63, 3.8) is 0 Å². The molecule has 4 nitrogen and oxygen atoms in total. The van der Waals surface area contributed by atoms with Crippen molar-refractivity contribution in [2.75, 3.05) is 0 Å². The van der Waals surface area contributed by atoms with Gasteiger partial charge in [0.05, 0.1) is 0 Å². The molecule has 0 aliphatic heterocycles. The van der Waals surface area contributed by atoms with Gasteiger partial charge in [-0.25, -0.2) is 0 Å². The molecule has 25 heavy (non-hydrogen) atoms. The van der Waals surface area contributed by atoms with Crippen molar-refractivity contribution in [3.05, 3.63) is 48.0 Å². The van der Waals surface area contributed by atoms with Gasteiger partial charge >= 0.3 is 0 Å². The number of Topliss-reactive ketones (excluding diaryl/α,β-unsaturated/α-hetero) is 4. The van der Waals surface area contributed by atoms with Crippen LogP contribution in [-0.2, 0) is 19.2 Å². The summed E-state index contributed by atoms with van der Waals surface area (Å²) in [4.78, 5) is 49.9. The number of rotatable bonds is 5. The van der Waals surface area contributed by atoms with Crippen LogP contribution in [0.25, 0.3) is 0 Å². The lowest BCUT2D eigenvalue weighted by Crippen LogP contribution is -2.46. The van der Waals surface area contributed by atoms with E-state index in [1.54, 1.807) is 30.3 Å². The van der Waals surface area contributed by atoms with Gasteiger partial charge in [-0.3, -0.25) is 19.2 Å². The summed E-state index contributed by atoms with van der Waals surface area (Å²) in [5.74, 6) is -3.85. The molecule has 0 radical (unpaired) electrons. The van der Waals surface area contributed by atoms with E-state index in [0.717, 1.165) is 0 Å². The van der Waals surface area contributed by atoms with Crippen molar-refractivity contribution in [1.82, 2.24) is 0 Å². The van der Waals surface area contributed by atoms with E-state index < -0.39 is 35.0 Å². The van der Waals surface area contributed by atoms with E-state index in [-0.39, 0.29) is 0 Å². The Balaban J connectivity index is 1.57. The summed E-state index contributed by atoms with van der Waals surface area (Å²) in [7, 11) is 0. The fourth-order valence-corrected chi connectivity index (χ4v) is 3.85. The van der Waals surface area contributed by atoms with Gasteiger partial charge in [-0.05, 0) is 49.0 Å². The molecule has 0 aromatic heterocycles. The Kier molecular flexibility index (Phi) is 3.98. The Labute approximate surface area is 146 Å². The first kappa shape index (κ1) is 16.1. The average molecular weight is 336 g/mol. The summed E-state index contributed by atoms with van der Waals surface area (Å²) < 4.78 is 0. The maximum atomic E-state index is 12.5. The van der Waals surface area contributed by atoms with Crippen molar-refractivity contribution in [1.29, 1.82) is 0 Å². The summed E-state index contributed by atoms with van der Waals surface area (Å²) in [5, 5.41) is 0. The minimum absolute atomic E-state index is 0.387. The molecule has 0 amide bonds. The molecular weight excluding hydrogens is 316 g/mol. The van der Waals surface area contributed by atoms with Crippen molar-refractivity contribution in [2.24, 2.45) is 23.7 Å². The van der Waals surface area contributed by atoms with Gasteiger partial charge in [0.2, 0.25) is 23.1 Å². The van der Waals surface area contributed by atoms with E-state index in [9.17, 15) is 19.2 Å². The van der Waals surface area contributed by atoms with Crippen LogP contribution in [0.4, 0.5) is 0 Å². The number of ketones is 4. The van der Waals surface area contributed by atoms with E-state index >= 15 is 0 Å². The molecule has 1 aromatic rings. The molecule has 3 aliphatic carbocycles. The van der Waals surface area contributed by atoms with Gasteiger partial charge in [-0.1, -0.05) is 42.5 Å². The first-order valence-electron chi connectivity index (χ1n) is 8.97. The lowest BCUT2D eigenvalue weighted by molar-refractivity contribution is -0.152.